The molecular formula is C58H57F3N4O18. The van der Waals surface area contributed by atoms with Crippen LogP contribution in [0.4, 0.5) is 18.9 Å². The van der Waals surface area contributed by atoms with Gasteiger partial charge in [-0.25, -0.2) is 14.4 Å². The number of alkyl halides is 3. The zero-order chi connectivity index (χ0) is 60.1. The van der Waals surface area contributed by atoms with Crippen LogP contribution in [-0.4, -0.2) is 130 Å². The number of aliphatic hydroxyl groups is 2. The zero-order valence-corrected chi connectivity index (χ0v) is 45.4. The average Bonchev–Trinajstić information content (AvgIpc) is 0.774. The van der Waals surface area contributed by atoms with Gasteiger partial charge in [0.1, 0.15) is 35.9 Å². The Morgan fingerprint density at radius 2 is 1.46 bits per heavy atom. The monoisotopic (exact) mass is 1150 g/mol. The molecule has 4 aromatic rings. The highest BCUT2D eigenvalue weighted by Gasteiger charge is 2.79. The summed E-state index contributed by atoms with van der Waals surface area (Å²) >= 11 is 0. The molecule has 12 atom stereocenters. The van der Waals surface area contributed by atoms with Crippen LogP contribution >= 0.6 is 0 Å². The van der Waals surface area contributed by atoms with E-state index in [1.807, 2.05) is 0 Å². The number of nitro benzene ring substituents is 1. The van der Waals surface area contributed by atoms with Crippen LogP contribution in [-0.2, 0) is 52.4 Å². The summed E-state index contributed by atoms with van der Waals surface area (Å²) in [5.41, 5.74) is -10.3. The molecule has 0 aromatic heterocycles. The molecule has 0 spiro atoms. The molecule has 2 bridgehead atoms. The number of fused-ring (bicyclic) bond motifs is 5. The van der Waals surface area contributed by atoms with Gasteiger partial charge in [0.25, 0.3) is 5.91 Å². The Labute approximate surface area is 471 Å². The summed E-state index contributed by atoms with van der Waals surface area (Å²) in [6.45, 7) is 5.90. The molecule has 5 aliphatic rings. The van der Waals surface area contributed by atoms with Crippen molar-refractivity contribution in [3.8, 4) is 5.75 Å². The highest BCUT2D eigenvalue weighted by Crippen LogP contribution is 2.65. The lowest BCUT2D eigenvalue weighted by Gasteiger charge is -2.67. The van der Waals surface area contributed by atoms with Crippen molar-refractivity contribution in [2.75, 3.05) is 13.2 Å². The topological polar surface area (TPSA) is 304 Å². The van der Waals surface area contributed by atoms with Crippen molar-refractivity contribution in [3.63, 3.8) is 0 Å². The van der Waals surface area contributed by atoms with Crippen molar-refractivity contribution in [1.82, 2.24) is 5.32 Å². The molecule has 1 unspecified atom stereocenters. The van der Waals surface area contributed by atoms with Gasteiger partial charge in [0.15, 0.2) is 42.1 Å². The second-order valence-electron chi connectivity index (χ2n) is 21.8. The van der Waals surface area contributed by atoms with E-state index in [-0.39, 0.29) is 27.8 Å². The van der Waals surface area contributed by atoms with Gasteiger partial charge in [0.05, 0.1) is 34.5 Å². The number of Topliss-reactive ketones (excluding diaryl/α,β-unsaturated/α-hetero) is 1. The summed E-state index contributed by atoms with van der Waals surface area (Å²) in [6, 6.07) is 24.2. The Kier molecular flexibility index (Phi) is 16.0. The highest BCUT2D eigenvalue weighted by atomic mass is 19.4. The lowest BCUT2D eigenvalue weighted by molar-refractivity contribution is -0.385. The standard InChI is InChI=1S/C58H57F3N4O18/c1-29-38(80-53(73)45(69)44(32-16-10-7-11-17-32)62-51(71)33-18-12-8-13-19-33)26-57(74)49(82-52(72)34-20-14-9-15-21-34)47-55(6,48(70)46(79-30(2)66)42(29)54(57,4)5)39(25-40-56(47,28-78-40)83-31(3)67)81-41(68)27-77-37-23-22-35(24-36(37)65(75)76)43(50-63-64-50)58(59,60)61/h7-24,38-40,43-47,49-50,69,74H,25-28H2,1-6H3,(H,62,71)/t38-,39-,40+,43?,44-,45+,46+,47-,49-,55+,56-,57+/m0/s1. The molecule has 83 heavy (non-hydrogen) atoms. The largest absolute Gasteiger partial charge is 0.475 e. The second kappa shape index (κ2) is 22.4. The van der Waals surface area contributed by atoms with Gasteiger partial charge in [-0.3, -0.25) is 29.3 Å². The Hall–Kier alpha value is -8.42. The number of carbonyl (C=O) groups excluding carboxylic acids is 7. The molecule has 22 nitrogen and oxygen atoms in total. The van der Waals surface area contributed by atoms with E-state index >= 15 is 4.79 Å². The number of ether oxygens (including phenoxy) is 7. The van der Waals surface area contributed by atoms with Gasteiger partial charge in [-0.2, -0.15) is 23.4 Å². The Morgan fingerprint density at radius 1 is 0.843 bits per heavy atom. The summed E-state index contributed by atoms with van der Waals surface area (Å²) in [5.74, 6) is -12.4. The molecule has 3 fully saturated rings. The van der Waals surface area contributed by atoms with Gasteiger partial charge in [-0.15, -0.1) is 0 Å². The molecule has 25 heteroatoms. The molecule has 3 N–H and O–H groups in total. The number of amides is 1. The third-order valence-electron chi connectivity index (χ3n) is 16.5. The number of carbonyl (C=O) groups is 7. The van der Waals surface area contributed by atoms with Crippen LogP contribution in [0.1, 0.15) is 98.2 Å². The van der Waals surface area contributed by atoms with Crippen molar-refractivity contribution in [2.24, 2.45) is 27.0 Å². The Balaban J connectivity index is 1.15. The maximum Gasteiger partial charge on any atom is 0.399 e. The number of nitrogens with one attached hydrogen (secondary N) is 1. The van der Waals surface area contributed by atoms with Crippen LogP contribution in [0.15, 0.2) is 131 Å². The van der Waals surface area contributed by atoms with E-state index in [1.165, 1.54) is 64.1 Å². The van der Waals surface area contributed by atoms with Crippen molar-refractivity contribution in [1.29, 1.82) is 0 Å². The van der Waals surface area contributed by atoms with Crippen molar-refractivity contribution in [2.45, 2.75) is 127 Å². The predicted octanol–water partition coefficient (Wildman–Crippen LogP) is 6.71. The molecule has 2 heterocycles. The van der Waals surface area contributed by atoms with Gasteiger partial charge in [-0.1, -0.05) is 86.6 Å². The lowest BCUT2D eigenvalue weighted by atomic mass is 9.44. The highest BCUT2D eigenvalue weighted by molar-refractivity contribution is 5.96. The maximum absolute atomic E-state index is 16.3. The van der Waals surface area contributed by atoms with Gasteiger partial charge in [0, 0.05) is 43.7 Å². The molecule has 4 aromatic carbocycles. The molecular weight excluding hydrogens is 1100 g/mol. The first-order valence-corrected chi connectivity index (χ1v) is 26.2. The molecule has 3 aliphatic carbocycles. The summed E-state index contributed by atoms with van der Waals surface area (Å²) < 4.78 is 84.6. The molecule has 9 rings (SSSR count). The van der Waals surface area contributed by atoms with E-state index in [0.717, 1.165) is 26.0 Å². The number of hydrogen-bond donors (Lipinski definition) is 3. The first kappa shape index (κ1) is 59.2. The summed E-state index contributed by atoms with van der Waals surface area (Å²) in [7, 11) is 0. The van der Waals surface area contributed by atoms with Crippen LogP contribution in [0.5, 0.6) is 5.75 Å². The van der Waals surface area contributed by atoms with E-state index < -0.39 is 178 Å². The number of hydrogen-bond acceptors (Lipinski definition) is 20. The van der Waals surface area contributed by atoms with Crippen LogP contribution in [0, 0.1) is 26.9 Å². The molecule has 2 aliphatic heterocycles. The zero-order valence-electron chi connectivity index (χ0n) is 45.4. The number of halogens is 3. The van der Waals surface area contributed by atoms with Crippen LogP contribution < -0.4 is 10.1 Å². The van der Waals surface area contributed by atoms with E-state index in [4.69, 9.17) is 33.2 Å². The molecule has 1 amide bonds. The van der Waals surface area contributed by atoms with E-state index in [2.05, 4.69) is 15.5 Å². The molecule has 2 saturated carbocycles. The quantitative estimate of drug-likeness (QED) is 0.0325. The minimum absolute atomic E-state index is 0.00647. The number of aliphatic hydroxyl groups excluding tert-OH is 1. The fourth-order valence-electron chi connectivity index (χ4n) is 12.4. The van der Waals surface area contributed by atoms with Crippen molar-refractivity contribution in [3.05, 3.63) is 153 Å². The van der Waals surface area contributed by atoms with Gasteiger partial charge in [-0.05, 0) is 66.5 Å². The predicted molar refractivity (Wildman–Crippen MR) is 278 cm³/mol. The second-order valence-corrected chi connectivity index (χ2v) is 21.8. The number of nitro groups is 1. The first-order chi connectivity index (χ1) is 39.1. The Morgan fingerprint density at radius 3 is 2.01 bits per heavy atom. The number of ketones is 1. The van der Waals surface area contributed by atoms with Crippen molar-refractivity contribution >= 4 is 47.2 Å². The fraction of sp³-hybridized carbons (Fsp3) is 0.431. The minimum atomic E-state index is -4.91. The third-order valence-corrected chi connectivity index (χ3v) is 16.5. The molecule has 438 valence electrons. The first-order valence-electron chi connectivity index (χ1n) is 26.2. The van der Waals surface area contributed by atoms with Crippen LogP contribution in [0.2, 0.25) is 0 Å². The minimum Gasteiger partial charge on any atom is -0.475 e. The van der Waals surface area contributed by atoms with E-state index in [9.17, 15) is 62.3 Å². The smallest absolute Gasteiger partial charge is 0.399 e. The van der Waals surface area contributed by atoms with Gasteiger partial charge >= 0.3 is 41.7 Å². The SMILES string of the molecule is CC(=O)O[C@H]1C(=O)[C@]2(C)[C@@H](OC(=O)COc3ccc(C(C4N=N4)C(F)(F)F)cc3[N+](=O)[O-])C[C@H]3OC[C@@]3(OC(C)=O)[C@H]2[C@H](OC(=O)c2ccccc2)[C@]2(O)C[C@H](OC(=O)[C@H](O)[C@@H](NC(=O)c3ccccc3)c3ccccc3)C(C)=C1C2(C)C. The van der Waals surface area contributed by atoms with Gasteiger partial charge in [0.2, 0.25) is 0 Å². The molecule has 1 saturated heterocycles. The number of esters is 5. The Bertz CT molecular complexity index is 3300. The van der Waals surface area contributed by atoms with E-state index in [0.29, 0.717) is 6.07 Å². The lowest BCUT2D eigenvalue weighted by Crippen LogP contribution is -2.82. The summed E-state index contributed by atoms with van der Waals surface area (Å²) in [6.07, 6.45) is -18.8. The van der Waals surface area contributed by atoms with Gasteiger partial charge < -0.3 is 48.7 Å². The third kappa shape index (κ3) is 10.9. The average molecular weight is 1160 g/mol. The van der Waals surface area contributed by atoms with E-state index in [1.54, 1.807) is 54.6 Å². The maximum atomic E-state index is 16.3. The van der Waals surface area contributed by atoms with Crippen molar-refractivity contribution < 1.29 is 95.0 Å². The summed E-state index contributed by atoms with van der Waals surface area (Å²) in [5, 5.41) is 47.7. The van der Waals surface area contributed by atoms with Crippen LogP contribution in [0.25, 0.3) is 0 Å². The number of benzene rings is 4. The fourth-order valence-corrected chi connectivity index (χ4v) is 12.4. The normalized spacial score (nSPS) is 27.9. The number of rotatable bonds is 17. The summed E-state index contributed by atoms with van der Waals surface area (Å²) in [4.78, 5) is 112. The van der Waals surface area contributed by atoms with Crippen LogP contribution in [0.3, 0.4) is 0 Å². The molecule has 0 radical (unpaired) electrons. The number of nitrogens with zero attached hydrogens (tertiary/aromatic N) is 3.